The summed E-state index contributed by atoms with van der Waals surface area (Å²) in [6.45, 7) is 3.77. The smallest absolute Gasteiger partial charge is 0.166 e. The average Bonchev–Trinajstić information content (AvgIpc) is 2.55. The second-order valence-corrected chi connectivity index (χ2v) is 5.00. The second-order valence-electron chi connectivity index (χ2n) is 5.00. The van der Waals surface area contributed by atoms with Crippen LogP contribution in [0.5, 0.6) is 5.75 Å². The molecule has 21 heavy (non-hydrogen) atoms. The van der Waals surface area contributed by atoms with Crippen LogP contribution in [0.25, 0.3) is 0 Å². The van der Waals surface area contributed by atoms with E-state index in [9.17, 15) is 4.79 Å². The van der Waals surface area contributed by atoms with E-state index in [1.54, 1.807) is 7.11 Å². The van der Waals surface area contributed by atoms with Crippen LogP contribution in [0.1, 0.15) is 22.3 Å². The Balaban J connectivity index is 2.14. The summed E-state index contributed by atoms with van der Waals surface area (Å²) in [6, 6.07) is 17.3. The SMILES string of the molecule is C=CCC(Cc1ccc(OC)cc1)C(=O)c1ccccc1. The zero-order valence-electron chi connectivity index (χ0n) is 12.3. The van der Waals surface area contributed by atoms with Crippen LogP contribution in [0.2, 0.25) is 0 Å². The molecule has 0 aromatic heterocycles. The predicted octanol–water partition coefficient (Wildman–Crippen LogP) is 4.31. The molecule has 0 N–H and O–H groups in total. The van der Waals surface area contributed by atoms with Gasteiger partial charge in [-0.25, -0.2) is 0 Å². The number of methoxy groups -OCH3 is 1. The lowest BCUT2D eigenvalue weighted by molar-refractivity contribution is 0.0920. The monoisotopic (exact) mass is 280 g/mol. The third-order valence-corrected chi connectivity index (χ3v) is 3.52. The van der Waals surface area contributed by atoms with Crippen molar-refractivity contribution in [3.05, 3.63) is 78.4 Å². The highest BCUT2D eigenvalue weighted by atomic mass is 16.5. The number of hydrogen-bond acceptors (Lipinski definition) is 2. The third kappa shape index (κ3) is 4.06. The van der Waals surface area contributed by atoms with E-state index in [0.29, 0.717) is 12.8 Å². The van der Waals surface area contributed by atoms with E-state index in [0.717, 1.165) is 16.9 Å². The summed E-state index contributed by atoms with van der Waals surface area (Å²) < 4.78 is 5.16. The minimum absolute atomic E-state index is 0.0710. The molecule has 2 rings (SSSR count). The maximum atomic E-state index is 12.6. The highest BCUT2D eigenvalue weighted by Crippen LogP contribution is 2.20. The van der Waals surface area contributed by atoms with Crippen LogP contribution >= 0.6 is 0 Å². The van der Waals surface area contributed by atoms with Crippen molar-refractivity contribution >= 4 is 5.78 Å². The predicted molar refractivity (Wildman–Crippen MR) is 85.8 cm³/mol. The van der Waals surface area contributed by atoms with Gasteiger partial charge in [0.15, 0.2) is 5.78 Å². The molecule has 1 atom stereocenters. The first-order valence-corrected chi connectivity index (χ1v) is 7.07. The Hall–Kier alpha value is -2.35. The number of allylic oxidation sites excluding steroid dienone is 1. The van der Waals surface area contributed by atoms with Crippen LogP contribution in [0.4, 0.5) is 0 Å². The molecule has 0 aliphatic carbocycles. The number of rotatable bonds is 7. The molecule has 0 spiro atoms. The molecule has 2 aromatic rings. The molecule has 0 saturated heterocycles. The first-order valence-electron chi connectivity index (χ1n) is 7.07. The molecule has 0 heterocycles. The van der Waals surface area contributed by atoms with Gasteiger partial charge in [-0.3, -0.25) is 4.79 Å². The van der Waals surface area contributed by atoms with Crippen molar-refractivity contribution in [2.75, 3.05) is 7.11 Å². The van der Waals surface area contributed by atoms with E-state index >= 15 is 0 Å². The minimum Gasteiger partial charge on any atom is -0.497 e. The molecule has 0 fully saturated rings. The number of ether oxygens (including phenoxy) is 1. The molecule has 2 nitrogen and oxygen atoms in total. The standard InChI is InChI=1S/C19H20O2/c1-3-7-17(19(20)16-8-5-4-6-9-16)14-15-10-12-18(21-2)13-11-15/h3-6,8-13,17H,1,7,14H2,2H3. The molecule has 1 unspecified atom stereocenters. The van der Waals surface area contributed by atoms with E-state index in [-0.39, 0.29) is 11.7 Å². The Bertz CT molecular complexity index is 585. The fourth-order valence-electron chi connectivity index (χ4n) is 2.37. The number of carbonyl (C=O) groups is 1. The van der Waals surface area contributed by atoms with Crippen LogP contribution < -0.4 is 4.74 Å². The lowest BCUT2D eigenvalue weighted by Gasteiger charge is -2.14. The van der Waals surface area contributed by atoms with Crippen LogP contribution in [-0.4, -0.2) is 12.9 Å². The van der Waals surface area contributed by atoms with E-state index < -0.39 is 0 Å². The second kappa shape index (κ2) is 7.44. The fourth-order valence-corrected chi connectivity index (χ4v) is 2.37. The van der Waals surface area contributed by atoms with Crippen molar-refractivity contribution in [2.45, 2.75) is 12.8 Å². The fraction of sp³-hybridized carbons (Fsp3) is 0.211. The van der Waals surface area contributed by atoms with Crippen LogP contribution in [0.15, 0.2) is 67.3 Å². The lowest BCUT2D eigenvalue weighted by Crippen LogP contribution is -2.17. The molecular formula is C19H20O2. The molecule has 0 saturated carbocycles. The van der Waals surface area contributed by atoms with Crippen LogP contribution in [0.3, 0.4) is 0 Å². The maximum absolute atomic E-state index is 12.6. The van der Waals surface area contributed by atoms with Crippen molar-refractivity contribution in [1.29, 1.82) is 0 Å². The summed E-state index contributed by atoms with van der Waals surface area (Å²) in [5.41, 5.74) is 1.89. The zero-order valence-corrected chi connectivity index (χ0v) is 12.3. The summed E-state index contributed by atoms with van der Waals surface area (Å²) in [7, 11) is 1.65. The van der Waals surface area contributed by atoms with Crippen molar-refractivity contribution < 1.29 is 9.53 Å². The van der Waals surface area contributed by atoms with Gasteiger partial charge in [0.05, 0.1) is 7.11 Å². The Morgan fingerprint density at radius 1 is 1.14 bits per heavy atom. The molecule has 0 radical (unpaired) electrons. The van der Waals surface area contributed by atoms with Crippen molar-refractivity contribution in [3.8, 4) is 5.75 Å². The molecule has 0 amide bonds. The summed E-state index contributed by atoms with van der Waals surface area (Å²) >= 11 is 0. The molecular weight excluding hydrogens is 260 g/mol. The van der Waals surface area contributed by atoms with Crippen LogP contribution in [0, 0.1) is 5.92 Å². The summed E-state index contributed by atoms with van der Waals surface area (Å²) in [6.07, 6.45) is 3.21. The molecule has 108 valence electrons. The first kappa shape index (κ1) is 15.0. The summed E-state index contributed by atoms with van der Waals surface area (Å²) in [4.78, 5) is 12.6. The first-order chi connectivity index (χ1) is 10.2. The number of carbonyl (C=O) groups excluding carboxylic acids is 1. The number of ketones is 1. The number of hydrogen-bond donors (Lipinski definition) is 0. The minimum atomic E-state index is -0.0710. The van der Waals surface area contributed by atoms with Gasteiger partial charge in [0.25, 0.3) is 0 Å². The van der Waals surface area contributed by atoms with Gasteiger partial charge < -0.3 is 4.74 Å². The third-order valence-electron chi connectivity index (χ3n) is 3.52. The van der Waals surface area contributed by atoms with E-state index in [2.05, 4.69) is 6.58 Å². The topological polar surface area (TPSA) is 26.3 Å². The van der Waals surface area contributed by atoms with Crippen molar-refractivity contribution in [1.82, 2.24) is 0 Å². The van der Waals surface area contributed by atoms with E-state index in [1.165, 1.54) is 0 Å². The largest absolute Gasteiger partial charge is 0.497 e. The summed E-state index contributed by atoms with van der Waals surface area (Å²) in [5.74, 6) is 0.929. The van der Waals surface area contributed by atoms with Crippen molar-refractivity contribution in [3.63, 3.8) is 0 Å². The number of benzene rings is 2. The molecule has 0 aliphatic rings. The Labute approximate surface area is 126 Å². The highest BCUT2D eigenvalue weighted by Gasteiger charge is 2.19. The van der Waals surface area contributed by atoms with Gasteiger partial charge in [-0.1, -0.05) is 48.5 Å². The summed E-state index contributed by atoms with van der Waals surface area (Å²) in [5, 5.41) is 0. The quantitative estimate of drug-likeness (QED) is 0.558. The van der Waals surface area contributed by atoms with Gasteiger partial charge in [0, 0.05) is 11.5 Å². The van der Waals surface area contributed by atoms with Gasteiger partial charge >= 0.3 is 0 Å². The van der Waals surface area contributed by atoms with Gasteiger partial charge in [0.2, 0.25) is 0 Å². The molecule has 2 aromatic carbocycles. The Morgan fingerprint density at radius 2 is 1.81 bits per heavy atom. The van der Waals surface area contributed by atoms with Crippen molar-refractivity contribution in [2.24, 2.45) is 5.92 Å². The maximum Gasteiger partial charge on any atom is 0.166 e. The highest BCUT2D eigenvalue weighted by molar-refractivity contribution is 5.98. The van der Waals surface area contributed by atoms with Gasteiger partial charge in [-0.2, -0.15) is 0 Å². The number of Topliss-reactive ketones (excluding diaryl/α,β-unsaturated/α-hetero) is 1. The molecule has 0 bridgehead atoms. The Kier molecular flexibility index (Phi) is 5.33. The Morgan fingerprint density at radius 3 is 2.38 bits per heavy atom. The van der Waals surface area contributed by atoms with Gasteiger partial charge in [0.1, 0.15) is 5.75 Å². The normalized spacial score (nSPS) is 11.7. The van der Waals surface area contributed by atoms with Gasteiger partial charge in [-0.15, -0.1) is 6.58 Å². The molecule has 0 aliphatic heterocycles. The van der Waals surface area contributed by atoms with E-state index in [1.807, 2.05) is 60.7 Å². The van der Waals surface area contributed by atoms with Gasteiger partial charge in [-0.05, 0) is 30.5 Å². The van der Waals surface area contributed by atoms with Crippen LogP contribution in [-0.2, 0) is 6.42 Å². The molecule has 2 heteroatoms. The lowest BCUT2D eigenvalue weighted by atomic mass is 9.89. The zero-order chi connectivity index (χ0) is 15.1. The average molecular weight is 280 g/mol. The van der Waals surface area contributed by atoms with E-state index in [4.69, 9.17) is 4.74 Å².